The number of pyridine rings is 1. The molecule has 0 unspecified atom stereocenters. The first-order chi connectivity index (χ1) is 27.5. The van der Waals surface area contributed by atoms with Gasteiger partial charge in [-0.3, -0.25) is 9.98 Å². The zero-order valence-corrected chi connectivity index (χ0v) is 31.8. The summed E-state index contributed by atoms with van der Waals surface area (Å²) in [6.07, 6.45) is 9.89. The van der Waals surface area contributed by atoms with Crippen LogP contribution in [0.15, 0.2) is 194 Å². The highest BCUT2D eigenvalue weighted by Crippen LogP contribution is 2.35. The van der Waals surface area contributed by atoms with Crippen molar-refractivity contribution in [3.63, 3.8) is 0 Å². The molecule has 0 fully saturated rings. The lowest BCUT2D eigenvalue weighted by Crippen LogP contribution is -2.25. The van der Waals surface area contributed by atoms with E-state index < -0.39 is 0 Å². The molecule has 1 heterocycles. The average Bonchev–Trinajstić information content (AvgIpc) is 3.26. The zero-order chi connectivity index (χ0) is 38.4. The number of fused-ring (bicyclic) bond motifs is 1. The first-order valence-electron chi connectivity index (χ1n) is 19.0. The summed E-state index contributed by atoms with van der Waals surface area (Å²) < 4.78 is 0. The normalized spacial score (nSPS) is 12.2. The zero-order valence-electron chi connectivity index (χ0n) is 31.8. The van der Waals surface area contributed by atoms with Gasteiger partial charge in [-0.05, 0) is 122 Å². The highest BCUT2D eigenvalue weighted by Gasteiger charge is 2.12. The van der Waals surface area contributed by atoms with Crippen molar-refractivity contribution >= 4 is 40.9 Å². The van der Waals surface area contributed by atoms with Gasteiger partial charge in [-0.1, -0.05) is 159 Å². The predicted molar refractivity (Wildman–Crippen MR) is 241 cm³/mol. The van der Waals surface area contributed by atoms with Crippen molar-refractivity contribution in [2.75, 3.05) is 0 Å². The topological polar surface area (TPSA) is 25.2 Å². The monoisotopic (exact) mass is 718 g/mol. The first-order valence-corrected chi connectivity index (χ1v) is 19.0. The molecular formula is C54H42N2. The Hall–Kier alpha value is -7.16. The van der Waals surface area contributed by atoms with E-state index >= 15 is 0 Å². The molecule has 2 nitrogen and oxygen atoms in total. The van der Waals surface area contributed by atoms with Crippen molar-refractivity contribution in [1.82, 2.24) is 4.98 Å². The van der Waals surface area contributed by atoms with E-state index in [2.05, 4.69) is 183 Å². The van der Waals surface area contributed by atoms with Crippen LogP contribution in [0.5, 0.6) is 0 Å². The molecule has 0 amide bonds. The van der Waals surface area contributed by atoms with Gasteiger partial charge in [0.2, 0.25) is 0 Å². The minimum absolute atomic E-state index is 0.893. The van der Waals surface area contributed by atoms with Gasteiger partial charge in [0.05, 0.1) is 5.70 Å². The Kier molecular flexibility index (Phi) is 10.3. The summed E-state index contributed by atoms with van der Waals surface area (Å²) in [5.41, 5.74) is 15.4. The van der Waals surface area contributed by atoms with Gasteiger partial charge in [0.1, 0.15) is 0 Å². The lowest BCUT2D eigenvalue weighted by Gasteiger charge is -2.14. The van der Waals surface area contributed by atoms with Crippen LogP contribution in [-0.2, 0) is 0 Å². The number of hydrogen-bond donors (Lipinski definition) is 0. The molecule has 1 aromatic heterocycles. The standard InChI is InChI=1S/C54H42N2/c1-5-12-41-23-27-47(31-39(41)6-2)50-33-49(34-51(35-50)48-28-24-45-29-30-55-36-52(45)32-48)44-21-25-46(26-22-44)54(53-16-11-10-13-37(53)3)56-38(4)40-17-19-43(20-18-40)42-14-8-7-9-15-42/h5-36H,2-3H2,1,4H3/b12-5-,54-53-,56-38?. The van der Waals surface area contributed by atoms with Crippen molar-refractivity contribution in [3.05, 3.63) is 222 Å². The number of rotatable bonds is 9. The van der Waals surface area contributed by atoms with Crippen LogP contribution in [-0.4, -0.2) is 10.7 Å². The maximum atomic E-state index is 5.30. The van der Waals surface area contributed by atoms with Gasteiger partial charge in [-0.25, -0.2) is 0 Å². The number of aromatic nitrogens is 1. The van der Waals surface area contributed by atoms with Gasteiger partial charge in [-0.15, -0.1) is 0 Å². The van der Waals surface area contributed by atoms with E-state index in [1.54, 1.807) is 0 Å². The number of benzene rings is 7. The molecule has 56 heavy (non-hydrogen) atoms. The SMILES string of the molecule is C=Cc1cc(-c2cc(-c3ccc(/C(N=C(C)c4ccc(-c5ccccc5)cc4)=c4\ccccc4=C)cc3)cc(-c3ccc4ccncc4c3)c2)ccc1/C=C\C. The van der Waals surface area contributed by atoms with Gasteiger partial charge in [0.15, 0.2) is 0 Å². The van der Waals surface area contributed by atoms with Gasteiger partial charge < -0.3 is 0 Å². The summed E-state index contributed by atoms with van der Waals surface area (Å²) in [4.78, 5) is 9.69. The third-order valence-corrected chi connectivity index (χ3v) is 10.3. The van der Waals surface area contributed by atoms with Crippen molar-refractivity contribution in [1.29, 1.82) is 0 Å². The van der Waals surface area contributed by atoms with E-state index in [0.717, 1.165) is 82.9 Å². The van der Waals surface area contributed by atoms with Crippen LogP contribution in [0.2, 0.25) is 0 Å². The van der Waals surface area contributed by atoms with Crippen LogP contribution in [0.4, 0.5) is 0 Å². The quantitative estimate of drug-likeness (QED) is 0.136. The Labute approximate surface area is 329 Å². The van der Waals surface area contributed by atoms with Gasteiger partial charge in [0, 0.05) is 34.3 Å². The van der Waals surface area contributed by atoms with E-state index in [1.807, 2.05) is 43.6 Å². The third-order valence-electron chi connectivity index (χ3n) is 10.3. The van der Waals surface area contributed by atoms with Gasteiger partial charge >= 0.3 is 0 Å². The van der Waals surface area contributed by atoms with E-state index in [-0.39, 0.29) is 0 Å². The Morgan fingerprint density at radius 3 is 1.82 bits per heavy atom. The predicted octanol–water partition coefficient (Wildman–Crippen LogP) is 12.7. The Morgan fingerprint density at radius 2 is 1.12 bits per heavy atom. The molecule has 0 aliphatic rings. The molecule has 0 saturated heterocycles. The van der Waals surface area contributed by atoms with Crippen LogP contribution in [0.3, 0.4) is 0 Å². The Balaban J connectivity index is 1.22. The third kappa shape index (κ3) is 7.59. The summed E-state index contributed by atoms with van der Waals surface area (Å²) in [5.74, 6) is 0. The molecule has 0 atom stereocenters. The number of nitrogens with zero attached hydrogens (tertiary/aromatic N) is 2. The molecule has 7 aromatic carbocycles. The molecule has 0 aliphatic carbocycles. The summed E-state index contributed by atoms with van der Waals surface area (Å²) in [7, 11) is 0. The lowest BCUT2D eigenvalue weighted by atomic mass is 9.91. The average molecular weight is 719 g/mol. The molecule has 0 radical (unpaired) electrons. The molecule has 2 heteroatoms. The molecule has 0 N–H and O–H groups in total. The fourth-order valence-corrected chi connectivity index (χ4v) is 7.27. The smallest absolute Gasteiger partial charge is 0.0783 e. The second kappa shape index (κ2) is 16.1. The summed E-state index contributed by atoms with van der Waals surface area (Å²) in [6, 6.07) is 58.2. The van der Waals surface area contributed by atoms with Crippen molar-refractivity contribution < 1.29 is 0 Å². The summed E-state index contributed by atoms with van der Waals surface area (Å²) in [5, 5.41) is 4.23. The molecule has 0 aliphatic heterocycles. The summed E-state index contributed by atoms with van der Waals surface area (Å²) in [6.45, 7) is 12.6. The number of aliphatic imine (C=N–C) groups is 1. The molecule has 0 spiro atoms. The molecule has 8 rings (SSSR count). The Bertz CT molecular complexity index is 2880. The van der Waals surface area contributed by atoms with Crippen molar-refractivity contribution in [2.24, 2.45) is 4.99 Å². The van der Waals surface area contributed by atoms with Gasteiger partial charge in [-0.2, -0.15) is 0 Å². The number of hydrogen-bond acceptors (Lipinski definition) is 2. The largest absolute Gasteiger partial charge is 0.264 e. The van der Waals surface area contributed by atoms with Crippen LogP contribution in [0.25, 0.3) is 79.7 Å². The second-order valence-electron chi connectivity index (χ2n) is 14.0. The van der Waals surface area contributed by atoms with Crippen molar-refractivity contribution in [3.8, 4) is 44.5 Å². The van der Waals surface area contributed by atoms with E-state index in [4.69, 9.17) is 4.99 Å². The van der Waals surface area contributed by atoms with Crippen LogP contribution < -0.4 is 10.4 Å². The maximum Gasteiger partial charge on any atom is 0.0783 e. The fourth-order valence-electron chi connectivity index (χ4n) is 7.27. The van der Waals surface area contributed by atoms with E-state index in [0.29, 0.717) is 0 Å². The molecule has 268 valence electrons. The fraction of sp³-hybridized carbons (Fsp3) is 0.0370. The molecular weight excluding hydrogens is 677 g/mol. The lowest BCUT2D eigenvalue weighted by molar-refractivity contribution is 1.36. The maximum absolute atomic E-state index is 5.30. The molecule has 0 bridgehead atoms. The van der Waals surface area contributed by atoms with E-state index in [9.17, 15) is 0 Å². The highest BCUT2D eigenvalue weighted by molar-refractivity contribution is 6.02. The molecule has 0 saturated carbocycles. The van der Waals surface area contributed by atoms with Crippen molar-refractivity contribution in [2.45, 2.75) is 13.8 Å². The minimum atomic E-state index is 0.893. The Morgan fingerprint density at radius 1 is 0.536 bits per heavy atom. The van der Waals surface area contributed by atoms with Crippen LogP contribution in [0, 0.1) is 0 Å². The van der Waals surface area contributed by atoms with E-state index in [1.165, 1.54) is 16.5 Å². The number of allylic oxidation sites excluding steroid dienone is 1. The first kappa shape index (κ1) is 35.8. The van der Waals surface area contributed by atoms with Crippen LogP contribution in [0.1, 0.15) is 36.1 Å². The minimum Gasteiger partial charge on any atom is -0.264 e. The summed E-state index contributed by atoms with van der Waals surface area (Å²) >= 11 is 0. The molecule has 8 aromatic rings. The van der Waals surface area contributed by atoms with Crippen LogP contribution >= 0.6 is 0 Å². The second-order valence-corrected chi connectivity index (χ2v) is 14.0. The highest BCUT2D eigenvalue weighted by atomic mass is 14.8. The van der Waals surface area contributed by atoms with Gasteiger partial charge in [0.25, 0.3) is 0 Å².